The molecule has 1 heterocycles. The smallest absolute Gasteiger partial charge is 0.204 e. The summed E-state index contributed by atoms with van der Waals surface area (Å²) >= 11 is 0. The number of hydrogen-bond acceptors (Lipinski definition) is 3. The molecule has 1 aromatic carbocycles. The number of aromatic nitrogens is 1. The number of rotatable bonds is 3. The van der Waals surface area contributed by atoms with E-state index in [0.29, 0.717) is 5.69 Å². The van der Waals surface area contributed by atoms with Gasteiger partial charge in [-0.05, 0) is 35.9 Å². The van der Waals surface area contributed by atoms with Gasteiger partial charge in [-0.15, -0.1) is 0 Å². The summed E-state index contributed by atoms with van der Waals surface area (Å²) in [5.74, 6) is 0.0198. The molecule has 0 spiro atoms. The first-order chi connectivity index (χ1) is 8.25. The Morgan fingerprint density at radius 2 is 2.06 bits per heavy atom. The number of nitrogens with zero attached hydrogens (tertiary/aromatic N) is 1. The van der Waals surface area contributed by atoms with E-state index in [1.807, 2.05) is 6.07 Å². The second kappa shape index (κ2) is 5.07. The van der Waals surface area contributed by atoms with Gasteiger partial charge in [0.15, 0.2) is 0 Å². The lowest BCUT2D eigenvalue weighted by molar-refractivity contribution is 0.104. The summed E-state index contributed by atoms with van der Waals surface area (Å²) in [4.78, 5) is 15.6. The van der Waals surface area contributed by atoms with Crippen molar-refractivity contribution in [1.82, 2.24) is 4.98 Å². The topological polar surface area (TPSA) is 50.2 Å². The lowest BCUT2D eigenvalue weighted by Crippen LogP contribution is -1.96. The van der Waals surface area contributed by atoms with Gasteiger partial charge in [0.1, 0.15) is 11.4 Å². The number of allylic oxidation sites excluding steroid dienone is 1. The Kier molecular flexibility index (Phi) is 3.31. The first kappa shape index (κ1) is 11.1. The van der Waals surface area contributed by atoms with Crippen LogP contribution in [0.3, 0.4) is 0 Å². The predicted molar refractivity (Wildman–Crippen MR) is 65.7 cm³/mol. The molecule has 3 nitrogen and oxygen atoms in total. The highest BCUT2D eigenvalue weighted by Crippen LogP contribution is 2.12. The lowest BCUT2D eigenvalue weighted by Gasteiger charge is -1.95. The summed E-state index contributed by atoms with van der Waals surface area (Å²) in [6.07, 6.45) is 4.67. The first-order valence-electron chi connectivity index (χ1n) is 5.18. The van der Waals surface area contributed by atoms with Crippen molar-refractivity contribution < 1.29 is 9.90 Å². The van der Waals surface area contributed by atoms with Crippen molar-refractivity contribution in [3.05, 3.63) is 66.0 Å². The normalized spacial score (nSPS) is 10.6. The van der Waals surface area contributed by atoms with Crippen molar-refractivity contribution in [3.63, 3.8) is 0 Å². The summed E-state index contributed by atoms with van der Waals surface area (Å²) < 4.78 is 0. The molecule has 3 heteroatoms. The Bertz CT molecular complexity index is 547. The maximum absolute atomic E-state index is 11.7. The van der Waals surface area contributed by atoms with E-state index < -0.39 is 0 Å². The molecule has 0 aliphatic rings. The van der Waals surface area contributed by atoms with Gasteiger partial charge in [-0.2, -0.15) is 0 Å². The van der Waals surface area contributed by atoms with Crippen LogP contribution in [-0.4, -0.2) is 15.9 Å². The molecule has 0 saturated heterocycles. The van der Waals surface area contributed by atoms with Gasteiger partial charge >= 0.3 is 0 Å². The number of ketones is 1. The predicted octanol–water partition coefficient (Wildman–Crippen LogP) is 2.68. The molecule has 17 heavy (non-hydrogen) atoms. The molecule has 0 radical (unpaired) electrons. The van der Waals surface area contributed by atoms with Gasteiger partial charge in [0.05, 0.1) is 0 Å². The van der Waals surface area contributed by atoms with Gasteiger partial charge in [-0.1, -0.05) is 24.3 Å². The third-order valence-electron chi connectivity index (χ3n) is 2.21. The molecule has 0 bridgehead atoms. The number of pyridine rings is 1. The van der Waals surface area contributed by atoms with E-state index in [0.717, 1.165) is 5.56 Å². The fourth-order valence-corrected chi connectivity index (χ4v) is 1.39. The summed E-state index contributed by atoms with van der Waals surface area (Å²) in [5.41, 5.74) is 1.18. The zero-order valence-electron chi connectivity index (χ0n) is 9.08. The average Bonchev–Trinajstić information content (AvgIpc) is 2.37. The first-order valence-corrected chi connectivity index (χ1v) is 5.18. The fraction of sp³-hybridized carbons (Fsp3) is 0. The molecule has 0 aliphatic carbocycles. The summed E-state index contributed by atoms with van der Waals surface area (Å²) in [5, 5.41) is 9.26. The van der Waals surface area contributed by atoms with Crippen molar-refractivity contribution in [2.75, 3.05) is 0 Å². The van der Waals surface area contributed by atoms with Crippen LogP contribution in [0.2, 0.25) is 0 Å². The SMILES string of the molecule is O=C(C=Cc1cccc(O)c1)c1ccccn1. The molecular weight excluding hydrogens is 214 g/mol. The van der Waals surface area contributed by atoms with Crippen molar-refractivity contribution >= 4 is 11.9 Å². The Balaban J connectivity index is 2.14. The van der Waals surface area contributed by atoms with Crippen LogP contribution in [0.5, 0.6) is 5.75 Å². The van der Waals surface area contributed by atoms with E-state index >= 15 is 0 Å². The Morgan fingerprint density at radius 1 is 1.18 bits per heavy atom. The van der Waals surface area contributed by atoms with Crippen molar-refractivity contribution in [1.29, 1.82) is 0 Å². The lowest BCUT2D eigenvalue weighted by atomic mass is 10.1. The molecular formula is C14H11NO2. The second-order valence-corrected chi connectivity index (χ2v) is 3.51. The molecule has 0 saturated carbocycles. The minimum absolute atomic E-state index is 0.158. The van der Waals surface area contributed by atoms with Crippen molar-refractivity contribution in [2.24, 2.45) is 0 Å². The highest BCUT2D eigenvalue weighted by Gasteiger charge is 2.01. The molecule has 0 atom stereocenters. The van der Waals surface area contributed by atoms with Crippen LogP contribution in [0.1, 0.15) is 16.1 Å². The number of phenolic OH excluding ortho intramolecular Hbond substituents is 1. The van der Waals surface area contributed by atoms with Crippen LogP contribution < -0.4 is 0 Å². The van der Waals surface area contributed by atoms with Crippen LogP contribution in [0.4, 0.5) is 0 Å². The number of aromatic hydroxyl groups is 1. The molecule has 2 aromatic rings. The van der Waals surface area contributed by atoms with Gasteiger partial charge in [-0.3, -0.25) is 9.78 Å². The Labute approximate surface area is 99.1 Å². The molecule has 84 valence electrons. The monoisotopic (exact) mass is 225 g/mol. The number of phenols is 1. The quantitative estimate of drug-likeness (QED) is 0.645. The second-order valence-electron chi connectivity index (χ2n) is 3.51. The van der Waals surface area contributed by atoms with Crippen LogP contribution in [0.25, 0.3) is 6.08 Å². The number of carbonyl (C=O) groups excluding carboxylic acids is 1. The van der Waals surface area contributed by atoms with Gasteiger partial charge in [0, 0.05) is 6.20 Å². The van der Waals surface area contributed by atoms with Gasteiger partial charge in [0.2, 0.25) is 5.78 Å². The highest BCUT2D eigenvalue weighted by molar-refractivity contribution is 6.05. The van der Waals surface area contributed by atoms with E-state index in [2.05, 4.69) is 4.98 Å². The Morgan fingerprint density at radius 3 is 2.76 bits per heavy atom. The molecule has 1 aromatic heterocycles. The van der Waals surface area contributed by atoms with E-state index in [-0.39, 0.29) is 11.5 Å². The standard InChI is InChI=1S/C14H11NO2/c16-12-5-3-4-11(10-12)7-8-14(17)13-6-1-2-9-15-13/h1-10,16H. The van der Waals surface area contributed by atoms with E-state index in [1.54, 1.807) is 48.7 Å². The third-order valence-corrected chi connectivity index (χ3v) is 2.21. The number of carbonyl (C=O) groups is 1. The largest absolute Gasteiger partial charge is 0.508 e. The summed E-state index contributed by atoms with van der Waals surface area (Å²) in [6.45, 7) is 0. The summed E-state index contributed by atoms with van der Waals surface area (Å²) in [7, 11) is 0. The molecule has 2 rings (SSSR count). The van der Waals surface area contributed by atoms with Crippen LogP contribution >= 0.6 is 0 Å². The van der Waals surface area contributed by atoms with Crippen LogP contribution in [0.15, 0.2) is 54.7 Å². The third kappa shape index (κ3) is 3.01. The molecule has 0 fully saturated rings. The van der Waals surface area contributed by atoms with E-state index in [9.17, 15) is 9.90 Å². The van der Waals surface area contributed by atoms with Gasteiger partial charge < -0.3 is 5.11 Å². The van der Waals surface area contributed by atoms with Crippen molar-refractivity contribution in [2.45, 2.75) is 0 Å². The van der Waals surface area contributed by atoms with Gasteiger partial charge in [-0.25, -0.2) is 0 Å². The molecule has 0 aliphatic heterocycles. The summed E-state index contributed by atoms with van der Waals surface area (Å²) in [6, 6.07) is 11.9. The maximum atomic E-state index is 11.7. The Hall–Kier alpha value is -2.42. The average molecular weight is 225 g/mol. The number of benzene rings is 1. The minimum atomic E-state index is -0.158. The fourth-order valence-electron chi connectivity index (χ4n) is 1.39. The molecule has 1 N–H and O–H groups in total. The molecule has 0 amide bonds. The van der Waals surface area contributed by atoms with Gasteiger partial charge in [0.25, 0.3) is 0 Å². The maximum Gasteiger partial charge on any atom is 0.204 e. The zero-order valence-corrected chi connectivity index (χ0v) is 9.08. The van der Waals surface area contributed by atoms with Crippen molar-refractivity contribution in [3.8, 4) is 5.75 Å². The number of hydrogen-bond donors (Lipinski definition) is 1. The zero-order chi connectivity index (χ0) is 12.1. The molecule has 0 unspecified atom stereocenters. The van der Waals surface area contributed by atoms with E-state index in [1.165, 1.54) is 6.08 Å². The van der Waals surface area contributed by atoms with Crippen LogP contribution in [0, 0.1) is 0 Å². The van der Waals surface area contributed by atoms with E-state index in [4.69, 9.17) is 0 Å². The highest BCUT2D eigenvalue weighted by atomic mass is 16.3. The van der Waals surface area contributed by atoms with Crippen LogP contribution in [-0.2, 0) is 0 Å². The minimum Gasteiger partial charge on any atom is -0.508 e.